The number of halogens is 1. The van der Waals surface area contributed by atoms with Crippen molar-refractivity contribution in [3.8, 4) is 0 Å². The molecule has 3 aromatic carbocycles. The molecule has 0 amide bonds. The molecule has 0 atom stereocenters. The van der Waals surface area contributed by atoms with Crippen molar-refractivity contribution >= 4 is 38.8 Å². The number of sulfonamides is 1. The van der Waals surface area contributed by atoms with Crippen LogP contribution in [0.4, 0.5) is 11.4 Å². The summed E-state index contributed by atoms with van der Waals surface area (Å²) in [5.41, 5.74) is 7.74. The number of nitrogens with one attached hydrogen (secondary N) is 1. The first-order valence-electron chi connectivity index (χ1n) is 8.67. The summed E-state index contributed by atoms with van der Waals surface area (Å²) in [6, 6.07) is 18.3. The van der Waals surface area contributed by atoms with E-state index < -0.39 is 14.9 Å². The summed E-state index contributed by atoms with van der Waals surface area (Å²) >= 11 is 5.85. The number of nitro groups is 1. The monoisotopic (exact) mass is 444 g/mol. The van der Waals surface area contributed by atoms with Crippen molar-refractivity contribution in [1.82, 2.24) is 0 Å². The lowest BCUT2D eigenvalue weighted by Crippen LogP contribution is -2.13. The molecule has 0 radical (unpaired) electrons. The van der Waals surface area contributed by atoms with E-state index in [1.165, 1.54) is 12.1 Å². The number of nitrogens with zero attached hydrogens (tertiary/aromatic N) is 2. The van der Waals surface area contributed by atoms with E-state index in [2.05, 4.69) is 9.71 Å². The van der Waals surface area contributed by atoms with Crippen molar-refractivity contribution in [3.05, 3.63) is 99.1 Å². The van der Waals surface area contributed by atoms with Crippen molar-refractivity contribution in [2.75, 3.05) is 4.72 Å². The van der Waals surface area contributed by atoms with Gasteiger partial charge in [-0.05, 0) is 54.1 Å². The minimum atomic E-state index is -3.86. The second kappa shape index (κ2) is 8.93. The Balaban J connectivity index is 1.67. The van der Waals surface area contributed by atoms with Gasteiger partial charge in [0.1, 0.15) is 5.84 Å². The molecule has 0 spiro atoms. The Hall–Kier alpha value is -3.43. The smallest absolute Gasteiger partial charge is 0.269 e. The maximum Gasteiger partial charge on any atom is 0.269 e. The maximum absolute atomic E-state index is 12.4. The Morgan fingerprint density at radius 1 is 1.00 bits per heavy atom. The van der Waals surface area contributed by atoms with Crippen LogP contribution in [0.5, 0.6) is 0 Å². The highest BCUT2D eigenvalue weighted by atomic mass is 35.5. The largest absolute Gasteiger partial charge is 0.383 e. The zero-order chi connectivity index (χ0) is 21.7. The van der Waals surface area contributed by atoms with Gasteiger partial charge in [-0.1, -0.05) is 23.7 Å². The molecule has 30 heavy (non-hydrogen) atoms. The molecule has 3 aromatic rings. The van der Waals surface area contributed by atoms with Crippen molar-refractivity contribution < 1.29 is 13.3 Å². The summed E-state index contributed by atoms with van der Waals surface area (Å²) in [7, 11) is -3.86. The summed E-state index contributed by atoms with van der Waals surface area (Å²) in [6.45, 7) is 0.323. The van der Waals surface area contributed by atoms with Gasteiger partial charge in [0.15, 0.2) is 0 Å². The molecule has 10 heteroatoms. The topological polar surface area (TPSA) is 128 Å². The van der Waals surface area contributed by atoms with E-state index in [-0.39, 0.29) is 10.6 Å². The van der Waals surface area contributed by atoms with Crippen molar-refractivity contribution in [2.24, 2.45) is 10.7 Å². The fourth-order valence-corrected chi connectivity index (χ4v) is 3.71. The molecule has 0 aliphatic heterocycles. The number of anilines is 1. The third-order valence-electron chi connectivity index (χ3n) is 4.14. The van der Waals surface area contributed by atoms with Gasteiger partial charge in [-0.25, -0.2) is 8.42 Å². The quantitative estimate of drug-likeness (QED) is 0.247. The van der Waals surface area contributed by atoms with Crippen LogP contribution in [0, 0.1) is 10.1 Å². The normalized spacial score (nSPS) is 11.8. The molecule has 0 saturated carbocycles. The molecule has 0 aliphatic carbocycles. The SMILES string of the molecule is NC(=NCc1ccc(NS(=O)(=O)c2ccc([N+](=O)[O-])cc2)cc1)c1ccc(Cl)cc1. The van der Waals surface area contributed by atoms with Crippen LogP contribution in [0.1, 0.15) is 11.1 Å². The van der Waals surface area contributed by atoms with Crippen LogP contribution < -0.4 is 10.5 Å². The van der Waals surface area contributed by atoms with Crippen molar-refractivity contribution in [3.63, 3.8) is 0 Å². The van der Waals surface area contributed by atoms with Crippen molar-refractivity contribution in [2.45, 2.75) is 11.4 Å². The van der Waals surface area contributed by atoms with Crippen molar-refractivity contribution in [1.29, 1.82) is 0 Å². The Kier molecular flexibility index (Phi) is 6.34. The van der Waals surface area contributed by atoms with E-state index in [1.54, 1.807) is 48.5 Å². The van der Waals surface area contributed by atoms with E-state index in [9.17, 15) is 18.5 Å². The molecule has 3 rings (SSSR count). The minimum absolute atomic E-state index is 0.0717. The molecule has 154 valence electrons. The van der Waals surface area contributed by atoms with E-state index >= 15 is 0 Å². The standard InChI is InChI=1S/C20H17ClN4O4S/c21-16-5-3-15(4-6-16)20(22)23-13-14-1-7-17(8-2-14)24-30(28,29)19-11-9-18(10-12-19)25(26)27/h1-12,24H,13H2,(H2,22,23). The first-order valence-corrected chi connectivity index (χ1v) is 10.5. The minimum Gasteiger partial charge on any atom is -0.383 e. The van der Waals surface area contributed by atoms with E-state index in [0.717, 1.165) is 23.3 Å². The molecule has 3 N–H and O–H groups in total. The average molecular weight is 445 g/mol. The van der Waals surface area contributed by atoms with Crippen LogP contribution in [-0.4, -0.2) is 19.2 Å². The highest BCUT2D eigenvalue weighted by molar-refractivity contribution is 7.92. The lowest BCUT2D eigenvalue weighted by molar-refractivity contribution is -0.384. The number of nitrogens with two attached hydrogens (primary N) is 1. The zero-order valence-electron chi connectivity index (χ0n) is 15.5. The fraction of sp³-hybridized carbons (Fsp3) is 0.0500. The lowest BCUT2D eigenvalue weighted by Gasteiger charge is -2.08. The molecule has 0 fully saturated rings. The third kappa shape index (κ3) is 5.34. The number of benzene rings is 3. The third-order valence-corrected chi connectivity index (χ3v) is 5.79. The highest BCUT2D eigenvalue weighted by Gasteiger charge is 2.16. The Morgan fingerprint density at radius 2 is 1.60 bits per heavy atom. The van der Waals surface area contributed by atoms with Gasteiger partial charge < -0.3 is 5.73 Å². The second-order valence-electron chi connectivity index (χ2n) is 6.26. The average Bonchev–Trinajstić information content (AvgIpc) is 2.73. The molecule has 0 aliphatic rings. The van der Waals surface area contributed by atoms with Gasteiger partial charge in [0.05, 0.1) is 16.4 Å². The Morgan fingerprint density at radius 3 is 2.17 bits per heavy atom. The number of amidine groups is 1. The highest BCUT2D eigenvalue weighted by Crippen LogP contribution is 2.20. The van der Waals surface area contributed by atoms with Gasteiger partial charge in [0.2, 0.25) is 0 Å². The summed E-state index contributed by atoms with van der Waals surface area (Å²) in [5.74, 6) is 0.370. The first kappa shape index (κ1) is 21.3. The van der Waals surface area contributed by atoms with Crippen LogP contribution in [0.3, 0.4) is 0 Å². The fourth-order valence-electron chi connectivity index (χ4n) is 2.53. The second-order valence-corrected chi connectivity index (χ2v) is 8.38. The molecule has 8 nitrogen and oxygen atoms in total. The number of nitro benzene ring substituents is 1. The Labute approximate surface area is 178 Å². The number of rotatable bonds is 7. The van der Waals surface area contributed by atoms with Crippen LogP contribution in [0.2, 0.25) is 5.02 Å². The number of aliphatic imine (C=N–C) groups is 1. The molecule has 0 aromatic heterocycles. The van der Waals surface area contributed by atoms with Gasteiger partial charge in [0, 0.05) is 28.4 Å². The van der Waals surface area contributed by atoms with Gasteiger partial charge in [-0.15, -0.1) is 0 Å². The predicted octanol–water partition coefficient (Wildman–Crippen LogP) is 3.95. The van der Waals surface area contributed by atoms with E-state index in [1.807, 2.05) is 0 Å². The zero-order valence-corrected chi connectivity index (χ0v) is 17.1. The summed E-state index contributed by atoms with van der Waals surface area (Å²) in [5, 5.41) is 11.3. The summed E-state index contributed by atoms with van der Waals surface area (Å²) < 4.78 is 27.3. The summed E-state index contributed by atoms with van der Waals surface area (Å²) in [6.07, 6.45) is 0. The van der Waals surface area contributed by atoms with Gasteiger partial charge in [-0.2, -0.15) is 0 Å². The number of non-ortho nitro benzene ring substituents is 1. The predicted molar refractivity (Wildman–Crippen MR) is 116 cm³/mol. The van der Waals surface area contributed by atoms with Crippen LogP contribution in [-0.2, 0) is 16.6 Å². The van der Waals surface area contributed by atoms with E-state index in [4.69, 9.17) is 17.3 Å². The lowest BCUT2D eigenvalue weighted by atomic mass is 10.2. The molecule has 0 saturated heterocycles. The van der Waals surface area contributed by atoms with Gasteiger partial charge >= 0.3 is 0 Å². The number of hydrogen-bond donors (Lipinski definition) is 2. The summed E-state index contributed by atoms with van der Waals surface area (Å²) in [4.78, 5) is 14.4. The maximum atomic E-state index is 12.4. The van der Waals surface area contributed by atoms with Crippen LogP contribution in [0.15, 0.2) is 82.7 Å². The molecule has 0 bridgehead atoms. The first-order chi connectivity index (χ1) is 14.2. The van der Waals surface area contributed by atoms with E-state index in [0.29, 0.717) is 23.1 Å². The van der Waals surface area contributed by atoms with Gasteiger partial charge in [-0.3, -0.25) is 19.8 Å². The molecular weight excluding hydrogens is 428 g/mol. The number of hydrogen-bond acceptors (Lipinski definition) is 5. The van der Waals surface area contributed by atoms with Gasteiger partial charge in [0.25, 0.3) is 15.7 Å². The van der Waals surface area contributed by atoms with Crippen LogP contribution in [0.25, 0.3) is 0 Å². The molecule has 0 unspecified atom stereocenters. The Bertz CT molecular complexity index is 1180. The molecule has 0 heterocycles. The molecular formula is C20H17ClN4O4S. The van der Waals surface area contributed by atoms with Crippen LogP contribution >= 0.6 is 11.6 Å².